The molecule has 0 saturated heterocycles. The Kier molecular flexibility index (Phi) is 3.23. The summed E-state index contributed by atoms with van der Waals surface area (Å²) in [4.78, 5) is 14.3. The van der Waals surface area contributed by atoms with Crippen LogP contribution in [0, 0.1) is 0 Å². The number of nitrogens with two attached hydrogens (primary N) is 1. The highest BCUT2D eigenvalue weighted by atomic mass is 79.9. The maximum Gasteiger partial charge on any atom is 0.230 e. The second-order valence-corrected chi connectivity index (χ2v) is 4.64. The summed E-state index contributed by atoms with van der Waals surface area (Å²) in [6.07, 6.45) is 0. The molecule has 0 atom stereocenters. The highest BCUT2D eigenvalue weighted by Crippen LogP contribution is 2.21. The van der Waals surface area contributed by atoms with Crippen molar-refractivity contribution in [3.8, 4) is 11.4 Å². The van der Waals surface area contributed by atoms with E-state index in [9.17, 15) is 0 Å². The molecule has 0 aliphatic carbocycles. The number of hydrogen-bond donors (Lipinski definition) is 1. The van der Waals surface area contributed by atoms with Crippen LogP contribution >= 0.6 is 15.9 Å². The molecule has 2 aromatic rings. The van der Waals surface area contributed by atoms with Gasteiger partial charge < -0.3 is 10.6 Å². The van der Waals surface area contributed by atoms with Gasteiger partial charge in [0, 0.05) is 24.1 Å². The third-order valence-corrected chi connectivity index (χ3v) is 2.62. The number of aromatic nitrogens is 3. The van der Waals surface area contributed by atoms with Crippen LogP contribution in [0.25, 0.3) is 11.4 Å². The third kappa shape index (κ3) is 2.71. The molecule has 0 radical (unpaired) electrons. The van der Waals surface area contributed by atoms with Crippen molar-refractivity contribution in [1.29, 1.82) is 0 Å². The van der Waals surface area contributed by atoms with E-state index < -0.39 is 0 Å². The number of rotatable bonds is 2. The van der Waals surface area contributed by atoms with Crippen LogP contribution in [-0.2, 0) is 0 Å². The predicted octanol–water partition coefficient (Wildman–Crippen LogP) is 1.95. The van der Waals surface area contributed by atoms with Crippen LogP contribution < -0.4 is 10.6 Å². The molecule has 17 heavy (non-hydrogen) atoms. The summed E-state index contributed by atoms with van der Waals surface area (Å²) in [6, 6.07) is 7.74. The van der Waals surface area contributed by atoms with Crippen molar-refractivity contribution >= 4 is 27.8 Å². The Bertz CT molecular complexity index is 541. The molecule has 0 aliphatic rings. The van der Waals surface area contributed by atoms with Crippen molar-refractivity contribution < 1.29 is 0 Å². The van der Waals surface area contributed by atoms with Gasteiger partial charge in [-0.05, 0) is 12.1 Å². The minimum absolute atomic E-state index is 0.221. The van der Waals surface area contributed by atoms with E-state index in [0.29, 0.717) is 11.8 Å². The third-order valence-electron chi connectivity index (χ3n) is 2.12. The zero-order valence-corrected chi connectivity index (χ0v) is 11.1. The summed E-state index contributed by atoms with van der Waals surface area (Å²) >= 11 is 3.41. The average molecular weight is 294 g/mol. The standard InChI is InChI=1S/C11H12BrN5/c1-17(2)11-15-9(14-10(13)16-11)7-4-3-5-8(12)6-7/h3-6H,1-2H3,(H2,13,14,15,16). The lowest BCUT2D eigenvalue weighted by atomic mass is 10.2. The lowest BCUT2D eigenvalue weighted by molar-refractivity contribution is 0.970. The van der Waals surface area contributed by atoms with Crippen molar-refractivity contribution in [3.63, 3.8) is 0 Å². The van der Waals surface area contributed by atoms with Crippen molar-refractivity contribution in [2.45, 2.75) is 0 Å². The normalized spacial score (nSPS) is 10.3. The van der Waals surface area contributed by atoms with E-state index in [1.54, 1.807) is 4.90 Å². The number of halogens is 1. The maximum absolute atomic E-state index is 5.67. The van der Waals surface area contributed by atoms with E-state index in [1.807, 2.05) is 38.4 Å². The van der Waals surface area contributed by atoms with Crippen LogP contribution in [0.2, 0.25) is 0 Å². The van der Waals surface area contributed by atoms with Gasteiger partial charge in [-0.3, -0.25) is 0 Å². The van der Waals surface area contributed by atoms with Crippen molar-refractivity contribution in [2.75, 3.05) is 24.7 Å². The largest absolute Gasteiger partial charge is 0.368 e. The molecule has 6 heteroatoms. The first-order valence-electron chi connectivity index (χ1n) is 5.01. The Labute approximate surface area is 108 Å². The van der Waals surface area contributed by atoms with E-state index in [-0.39, 0.29) is 5.95 Å². The Morgan fingerprint density at radius 3 is 2.59 bits per heavy atom. The molecule has 1 aromatic heterocycles. The summed E-state index contributed by atoms with van der Waals surface area (Å²) in [5.41, 5.74) is 6.57. The molecule has 2 rings (SSSR count). The fraction of sp³-hybridized carbons (Fsp3) is 0.182. The van der Waals surface area contributed by atoms with E-state index in [2.05, 4.69) is 30.9 Å². The van der Waals surface area contributed by atoms with Gasteiger partial charge in [0.1, 0.15) is 0 Å². The van der Waals surface area contributed by atoms with Gasteiger partial charge >= 0.3 is 0 Å². The number of anilines is 2. The second kappa shape index (κ2) is 4.67. The SMILES string of the molecule is CN(C)c1nc(N)nc(-c2cccc(Br)c2)n1. The summed E-state index contributed by atoms with van der Waals surface area (Å²) in [6.45, 7) is 0. The highest BCUT2D eigenvalue weighted by molar-refractivity contribution is 9.10. The summed E-state index contributed by atoms with van der Waals surface area (Å²) in [5.74, 6) is 1.34. The van der Waals surface area contributed by atoms with Gasteiger partial charge in [-0.1, -0.05) is 28.1 Å². The molecule has 1 aromatic carbocycles. The second-order valence-electron chi connectivity index (χ2n) is 3.72. The van der Waals surface area contributed by atoms with Crippen molar-refractivity contribution in [1.82, 2.24) is 15.0 Å². The Morgan fingerprint density at radius 1 is 1.18 bits per heavy atom. The Morgan fingerprint density at radius 2 is 1.94 bits per heavy atom. The quantitative estimate of drug-likeness (QED) is 0.917. The first-order chi connectivity index (χ1) is 8.06. The molecule has 2 N–H and O–H groups in total. The number of hydrogen-bond acceptors (Lipinski definition) is 5. The van der Waals surface area contributed by atoms with Crippen LogP contribution in [0.15, 0.2) is 28.7 Å². The van der Waals surface area contributed by atoms with E-state index >= 15 is 0 Å². The molecule has 5 nitrogen and oxygen atoms in total. The molecular formula is C11H12BrN5. The molecule has 0 spiro atoms. The van der Waals surface area contributed by atoms with E-state index in [1.165, 1.54) is 0 Å². The topological polar surface area (TPSA) is 67.9 Å². The lowest BCUT2D eigenvalue weighted by Gasteiger charge is -2.11. The zero-order valence-electron chi connectivity index (χ0n) is 9.55. The number of nitrogens with zero attached hydrogens (tertiary/aromatic N) is 4. The summed E-state index contributed by atoms with van der Waals surface area (Å²) in [5, 5.41) is 0. The first kappa shape index (κ1) is 11.8. The monoisotopic (exact) mass is 293 g/mol. The van der Waals surface area contributed by atoms with Crippen LogP contribution in [0.1, 0.15) is 0 Å². The fourth-order valence-corrected chi connectivity index (χ4v) is 1.74. The smallest absolute Gasteiger partial charge is 0.230 e. The van der Waals surface area contributed by atoms with Crippen LogP contribution in [0.5, 0.6) is 0 Å². The van der Waals surface area contributed by atoms with Gasteiger partial charge in [-0.2, -0.15) is 15.0 Å². The molecule has 88 valence electrons. The summed E-state index contributed by atoms with van der Waals surface area (Å²) < 4.78 is 0.973. The number of benzene rings is 1. The van der Waals surface area contributed by atoms with Crippen LogP contribution in [-0.4, -0.2) is 29.0 Å². The van der Waals surface area contributed by atoms with Gasteiger partial charge in [0.15, 0.2) is 5.82 Å². The average Bonchev–Trinajstić information content (AvgIpc) is 2.28. The molecule has 1 heterocycles. The van der Waals surface area contributed by atoms with Gasteiger partial charge in [-0.15, -0.1) is 0 Å². The van der Waals surface area contributed by atoms with E-state index in [0.717, 1.165) is 10.0 Å². The van der Waals surface area contributed by atoms with Crippen LogP contribution in [0.3, 0.4) is 0 Å². The zero-order chi connectivity index (χ0) is 12.4. The minimum Gasteiger partial charge on any atom is -0.368 e. The molecular weight excluding hydrogens is 282 g/mol. The molecule has 0 bridgehead atoms. The van der Waals surface area contributed by atoms with Gasteiger partial charge in [-0.25, -0.2) is 0 Å². The van der Waals surface area contributed by atoms with Gasteiger partial charge in [0.25, 0.3) is 0 Å². The molecule has 0 amide bonds. The summed E-state index contributed by atoms with van der Waals surface area (Å²) in [7, 11) is 3.72. The van der Waals surface area contributed by atoms with Crippen molar-refractivity contribution in [2.24, 2.45) is 0 Å². The van der Waals surface area contributed by atoms with Crippen LogP contribution in [0.4, 0.5) is 11.9 Å². The lowest BCUT2D eigenvalue weighted by Crippen LogP contribution is -2.15. The van der Waals surface area contributed by atoms with E-state index in [4.69, 9.17) is 5.73 Å². The highest BCUT2D eigenvalue weighted by Gasteiger charge is 2.08. The molecule has 0 aliphatic heterocycles. The maximum atomic E-state index is 5.67. The fourth-order valence-electron chi connectivity index (χ4n) is 1.34. The van der Waals surface area contributed by atoms with Gasteiger partial charge in [0.05, 0.1) is 0 Å². The predicted molar refractivity (Wildman–Crippen MR) is 71.7 cm³/mol. The Balaban J connectivity index is 2.52. The molecule has 0 fully saturated rings. The van der Waals surface area contributed by atoms with Crippen molar-refractivity contribution in [3.05, 3.63) is 28.7 Å². The van der Waals surface area contributed by atoms with Gasteiger partial charge in [0.2, 0.25) is 11.9 Å². The number of nitrogen functional groups attached to an aromatic ring is 1. The first-order valence-corrected chi connectivity index (χ1v) is 5.80. The Hall–Kier alpha value is -1.69. The molecule has 0 unspecified atom stereocenters. The minimum atomic E-state index is 0.221. The molecule has 0 saturated carbocycles.